The molecule has 0 bridgehead atoms. The third-order valence-electron chi connectivity index (χ3n) is 6.73. The van der Waals surface area contributed by atoms with Gasteiger partial charge in [-0.15, -0.1) is 23.4 Å². The van der Waals surface area contributed by atoms with Gasteiger partial charge in [-0.2, -0.15) is 4.98 Å². The van der Waals surface area contributed by atoms with E-state index >= 15 is 0 Å². The summed E-state index contributed by atoms with van der Waals surface area (Å²) >= 11 is 0. The van der Waals surface area contributed by atoms with Gasteiger partial charge in [0, 0.05) is 23.6 Å². The monoisotopic (exact) mass is 526 g/mol. The number of aryl methyl sites for hydroxylation is 1. The minimum atomic E-state index is -5.10. The van der Waals surface area contributed by atoms with Crippen LogP contribution in [0.1, 0.15) is 68.6 Å². The zero-order chi connectivity index (χ0) is 25.5. The smallest absolute Gasteiger partial charge is 0.404 e. The molecule has 2 fully saturated rings. The van der Waals surface area contributed by atoms with Crippen LogP contribution >= 0.6 is 0 Å². The van der Waals surface area contributed by atoms with Gasteiger partial charge in [-0.05, 0) is 63.6 Å². The fraction of sp³-hybridized carbons (Fsp3) is 0.545. The fourth-order valence-corrected chi connectivity index (χ4v) is 6.10. The highest BCUT2D eigenvalue weighted by molar-refractivity contribution is 7.89. The van der Waals surface area contributed by atoms with Crippen LogP contribution in [0.3, 0.4) is 0 Å². The van der Waals surface area contributed by atoms with E-state index in [1.807, 2.05) is 11.5 Å². The molecule has 1 aromatic carbocycles. The summed E-state index contributed by atoms with van der Waals surface area (Å²) < 4.78 is 79.9. The second-order valence-corrected chi connectivity index (χ2v) is 10.9. The van der Waals surface area contributed by atoms with Crippen molar-refractivity contribution in [3.05, 3.63) is 36.2 Å². The van der Waals surface area contributed by atoms with Gasteiger partial charge in [0.2, 0.25) is 21.7 Å². The van der Waals surface area contributed by atoms with Crippen molar-refractivity contribution in [1.82, 2.24) is 29.6 Å². The Labute approximate surface area is 205 Å². The van der Waals surface area contributed by atoms with E-state index in [-0.39, 0.29) is 23.3 Å². The molecule has 194 valence electrons. The van der Waals surface area contributed by atoms with Gasteiger partial charge in [0.05, 0.1) is 0 Å². The molecule has 36 heavy (non-hydrogen) atoms. The third kappa shape index (κ3) is 5.24. The summed E-state index contributed by atoms with van der Waals surface area (Å²) in [4.78, 5) is 3.66. The second kappa shape index (κ2) is 9.47. The zero-order valence-electron chi connectivity index (χ0n) is 19.4. The van der Waals surface area contributed by atoms with Crippen LogP contribution in [-0.2, 0) is 10.0 Å². The van der Waals surface area contributed by atoms with Crippen LogP contribution in [-0.4, -0.2) is 45.7 Å². The average Bonchev–Trinajstić information content (AvgIpc) is 3.40. The molecule has 2 aromatic heterocycles. The van der Waals surface area contributed by atoms with Crippen molar-refractivity contribution in [3.8, 4) is 17.1 Å². The minimum Gasteiger partial charge on any atom is -0.404 e. The molecule has 0 unspecified atom stereocenters. The molecule has 0 saturated heterocycles. The summed E-state index contributed by atoms with van der Waals surface area (Å²) in [6, 6.07) is 2.90. The maximum atomic E-state index is 13.2. The Morgan fingerprint density at radius 2 is 1.94 bits per heavy atom. The number of alkyl halides is 3. The Hall–Kier alpha value is -3.00. The Balaban J connectivity index is 1.40. The van der Waals surface area contributed by atoms with Gasteiger partial charge in [0.25, 0.3) is 0 Å². The van der Waals surface area contributed by atoms with E-state index in [2.05, 4.69) is 29.8 Å². The van der Waals surface area contributed by atoms with E-state index < -0.39 is 33.1 Å². The summed E-state index contributed by atoms with van der Waals surface area (Å²) in [5.74, 6) is 0.483. The van der Waals surface area contributed by atoms with Crippen LogP contribution in [0.4, 0.5) is 13.2 Å². The van der Waals surface area contributed by atoms with Crippen LogP contribution in [0.25, 0.3) is 11.4 Å². The molecule has 1 N–H and O–H groups in total. The number of hydrogen-bond donors (Lipinski definition) is 1. The lowest BCUT2D eigenvalue weighted by Gasteiger charge is -2.30. The number of nitrogens with zero attached hydrogens (tertiary/aromatic N) is 5. The molecule has 2 heterocycles. The Kier molecular flexibility index (Phi) is 6.49. The number of halogens is 3. The van der Waals surface area contributed by atoms with E-state index in [1.165, 1.54) is 6.07 Å². The van der Waals surface area contributed by atoms with E-state index in [9.17, 15) is 21.6 Å². The molecule has 0 radical (unpaired) electrons. The quantitative estimate of drug-likeness (QED) is 0.484. The van der Waals surface area contributed by atoms with Crippen LogP contribution < -0.4 is 9.46 Å². The van der Waals surface area contributed by atoms with Crippen molar-refractivity contribution in [2.45, 2.75) is 81.1 Å². The Morgan fingerprint density at radius 3 is 2.61 bits per heavy atom. The van der Waals surface area contributed by atoms with Gasteiger partial charge in [0.15, 0.2) is 0 Å². The largest absolute Gasteiger partial charge is 0.573 e. The maximum Gasteiger partial charge on any atom is 0.573 e. The van der Waals surface area contributed by atoms with Crippen LogP contribution in [0, 0.1) is 6.92 Å². The first-order valence-electron chi connectivity index (χ1n) is 11.7. The second-order valence-electron chi connectivity index (χ2n) is 9.22. The van der Waals surface area contributed by atoms with Crippen molar-refractivity contribution in [2.75, 3.05) is 0 Å². The van der Waals surface area contributed by atoms with Crippen LogP contribution in [0.5, 0.6) is 5.75 Å². The SMILES string of the molecule is Cc1nncn1[C@@H]1CCC[C@H](NS(=O)(=O)c2ccc(-c3noc(C4CCC4)n3)cc2OC(F)(F)F)C1. The lowest BCUT2D eigenvalue weighted by atomic mass is 9.85. The molecule has 5 rings (SSSR count). The highest BCUT2D eigenvalue weighted by Gasteiger charge is 2.36. The maximum absolute atomic E-state index is 13.2. The van der Waals surface area contributed by atoms with Gasteiger partial charge < -0.3 is 13.8 Å². The molecule has 2 aliphatic carbocycles. The van der Waals surface area contributed by atoms with Crippen LogP contribution in [0.2, 0.25) is 0 Å². The molecule has 2 aliphatic rings. The first kappa shape index (κ1) is 24.7. The highest BCUT2D eigenvalue weighted by Crippen LogP contribution is 2.38. The van der Waals surface area contributed by atoms with Crippen molar-refractivity contribution >= 4 is 10.0 Å². The molecule has 3 aromatic rings. The zero-order valence-corrected chi connectivity index (χ0v) is 20.2. The summed E-state index contributed by atoms with van der Waals surface area (Å²) in [5.41, 5.74) is 0.156. The molecule has 10 nitrogen and oxygen atoms in total. The van der Waals surface area contributed by atoms with E-state index in [0.717, 1.165) is 44.2 Å². The van der Waals surface area contributed by atoms with Crippen molar-refractivity contribution in [1.29, 1.82) is 0 Å². The van der Waals surface area contributed by atoms with Gasteiger partial charge in [-0.3, -0.25) is 0 Å². The number of rotatable bonds is 7. The molecule has 2 atom stereocenters. The van der Waals surface area contributed by atoms with E-state index in [1.54, 1.807) is 6.33 Å². The molecule has 0 aliphatic heterocycles. The van der Waals surface area contributed by atoms with Crippen molar-refractivity contribution in [2.24, 2.45) is 0 Å². The summed E-state index contributed by atoms with van der Waals surface area (Å²) in [6.07, 6.45) is 1.93. The number of nitrogens with one attached hydrogen (secondary N) is 1. The summed E-state index contributed by atoms with van der Waals surface area (Å²) in [5, 5.41) is 11.7. The van der Waals surface area contributed by atoms with Gasteiger partial charge in [-0.1, -0.05) is 11.6 Å². The molecule has 0 spiro atoms. The number of benzene rings is 1. The molecular formula is C22H25F3N6O4S. The first-order chi connectivity index (χ1) is 17.1. The number of hydrogen-bond acceptors (Lipinski definition) is 8. The predicted octanol–water partition coefficient (Wildman–Crippen LogP) is 4.26. The fourth-order valence-electron chi connectivity index (χ4n) is 4.71. The first-order valence-corrected chi connectivity index (χ1v) is 13.2. The van der Waals surface area contributed by atoms with Crippen molar-refractivity contribution in [3.63, 3.8) is 0 Å². The van der Waals surface area contributed by atoms with E-state index in [0.29, 0.717) is 24.6 Å². The lowest BCUT2D eigenvalue weighted by Crippen LogP contribution is -2.39. The normalized spacial score (nSPS) is 21.3. The highest BCUT2D eigenvalue weighted by atomic mass is 32.2. The topological polar surface area (TPSA) is 125 Å². The predicted molar refractivity (Wildman–Crippen MR) is 119 cm³/mol. The third-order valence-corrected chi connectivity index (χ3v) is 8.29. The summed E-state index contributed by atoms with van der Waals surface area (Å²) in [7, 11) is -4.35. The Bertz CT molecular complexity index is 1340. The number of aromatic nitrogens is 5. The molecule has 14 heteroatoms. The van der Waals surface area contributed by atoms with Gasteiger partial charge in [0.1, 0.15) is 22.8 Å². The van der Waals surface area contributed by atoms with E-state index in [4.69, 9.17) is 4.52 Å². The van der Waals surface area contributed by atoms with Crippen LogP contribution in [0.15, 0.2) is 33.9 Å². The number of ether oxygens (including phenoxy) is 1. The average molecular weight is 527 g/mol. The minimum absolute atomic E-state index is 0.0159. The van der Waals surface area contributed by atoms with Gasteiger partial charge in [-0.25, -0.2) is 13.1 Å². The molecular weight excluding hydrogens is 501 g/mol. The molecule has 0 amide bonds. The lowest BCUT2D eigenvalue weighted by molar-refractivity contribution is -0.275. The standard InChI is InChI=1S/C22H25F3N6O4S/c1-13-28-26-12-31(13)17-7-3-6-16(11-17)30-36(32,33)19-9-8-15(10-18(19)34-22(23,24)25)20-27-21(35-29-20)14-4-2-5-14/h8-10,12,14,16-17,30H,2-7,11H2,1H3/t16-,17+/m0/s1. The van der Waals surface area contributed by atoms with Crippen molar-refractivity contribution < 1.29 is 30.8 Å². The van der Waals surface area contributed by atoms with Gasteiger partial charge >= 0.3 is 6.36 Å². The number of sulfonamides is 1. The Morgan fingerprint density at radius 1 is 1.17 bits per heavy atom. The molecule has 2 saturated carbocycles. The summed E-state index contributed by atoms with van der Waals surface area (Å²) in [6.45, 7) is 1.81.